The molecule has 0 spiro atoms. The first kappa shape index (κ1) is 16.5. The van der Waals surface area contributed by atoms with Gasteiger partial charge in [-0.05, 0) is 23.8 Å². The van der Waals surface area contributed by atoms with Crippen LogP contribution in [0.15, 0.2) is 69.9 Å². The van der Waals surface area contributed by atoms with Gasteiger partial charge in [-0.3, -0.25) is 0 Å². The molecule has 3 rings (SSSR count). The highest BCUT2D eigenvalue weighted by Gasteiger charge is 2.09. The zero-order valence-electron chi connectivity index (χ0n) is 13.6. The fourth-order valence-electron chi connectivity index (χ4n) is 2.38. The Hall–Kier alpha value is -3.34. The number of methoxy groups -OCH3 is 1. The standard InChI is InChI=1S/C20H16O5/c1-23-16-8-9-17-15(11-20(22)25-18(17)12-16)13-24-19(21)10-7-14-5-3-2-4-6-14/h2-12H,13H2,1H3. The topological polar surface area (TPSA) is 65.7 Å². The molecule has 0 saturated heterocycles. The Bertz CT molecular complexity index is 970. The van der Waals surface area contributed by atoms with Gasteiger partial charge >= 0.3 is 11.6 Å². The minimum absolute atomic E-state index is 0.0214. The van der Waals surface area contributed by atoms with Gasteiger partial charge in [-0.1, -0.05) is 30.3 Å². The predicted octanol–water partition coefficient (Wildman–Crippen LogP) is 3.56. The number of benzene rings is 2. The summed E-state index contributed by atoms with van der Waals surface area (Å²) in [5.41, 5.74) is 1.36. The fourth-order valence-corrected chi connectivity index (χ4v) is 2.38. The van der Waals surface area contributed by atoms with Crippen LogP contribution in [0.2, 0.25) is 0 Å². The molecule has 0 saturated carbocycles. The average molecular weight is 336 g/mol. The normalized spacial score (nSPS) is 10.9. The lowest BCUT2D eigenvalue weighted by Crippen LogP contribution is -2.05. The first-order chi connectivity index (χ1) is 12.2. The van der Waals surface area contributed by atoms with Crippen molar-refractivity contribution in [1.82, 2.24) is 0 Å². The molecule has 0 aliphatic heterocycles. The maximum absolute atomic E-state index is 11.9. The first-order valence-corrected chi connectivity index (χ1v) is 7.66. The second kappa shape index (κ2) is 7.49. The molecule has 0 bridgehead atoms. The quantitative estimate of drug-likeness (QED) is 0.405. The molecule has 25 heavy (non-hydrogen) atoms. The number of carbonyl (C=O) groups is 1. The summed E-state index contributed by atoms with van der Waals surface area (Å²) in [5.74, 6) is 0.0920. The molecule has 0 fully saturated rings. The van der Waals surface area contributed by atoms with Gasteiger partial charge in [-0.2, -0.15) is 0 Å². The van der Waals surface area contributed by atoms with Crippen molar-refractivity contribution in [3.63, 3.8) is 0 Å². The van der Waals surface area contributed by atoms with Crippen molar-refractivity contribution in [2.75, 3.05) is 7.11 Å². The van der Waals surface area contributed by atoms with E-state index in [2.05, 4.69) is 0 Å². The maximum atomic E-state index is 11.9. The van der Waals surface area contributed by atoms with E-state index >= 15 is 0 Å². The molecule has 0 aliphatic rings. The Morgan fingerprint density at radius 1 is 1.12 bits per heavy atom. The summed E-state index contributed by atoms with van der Waals surface area (Å²) >= 11 is 0. The van der Waals surface area contributed by atoms with Gasteiger partial charge in [-0.25, -0.2) is 9.59 Å². The van der Waals surface area contributed by atoms with E-state index in [9.17, 15) is 9.59 Å². The summed E-state index contributed by atoms with van der Waals surface area (Å²) in [4.78, 5) is 23.6. The van der Waals surface area contributed by atoms with Crippen LogP contribution < -0.4 is 10.4 Å². The van der Waals surface area contributed by atoms with E-state index in [1.165, 1.54) is 19.3 Å². The lowest BCUT2D eigenvalue weighted by molar-refractivity contribution is -0.138. The largest absolute Gasteiger partial charge is 0.497 e. The van der Waals surface area contributed by atoms with Crippen molar-refractivity contribution >= 4 is 23.0 Å². The summed E-state index contributed by atoms with van der Waals surface area (Å²) in [5, 5.41) is 0.695. The highest BCUT2D eigenvalue weighted by molar-refractivity contribution is 5.87. The molecule has 5 nitrogen and oxygen atoms in total. The van der Waals surface area contributed by atoms with Crippen LogP contribution in [0.1, 0.15) is 11.1 Å². The van der Waals surface area contributed by atoms with Gasteiger partial charge in [-0.15, -0.1) is 0 Å². The van der Waals surface area contributed by atoms with Crippen molar-refractivity contribution in [3.05, 3.63) is 82.2 Å². The Morgan fingerprint density at radius 3 is 2.68 bits per heavy atom. The van der Waals surface area contributed by atoms with Crippen molar-refractivity contribution in [3.8, 4) is 5.75 Å². The summed E-state index contributed by atoms with van der Waals surface area (Å²) in [7, 11) is 1.53. The predicted molar refractivity (Wildman–Crippen MR) is 94.3 cm³/mol. The van der Waals surface area contributed by atoms with Crippen LogP contribution >= 0.6 is 0 Å². The van der Waals surface area contributed by atoms with Gasteiger partial charge in [0, 0.05) is 29.2 Å². The molecule has 0 unspecified atom stereocenters. The molecule has 0 radical (unpaired) electrons. The SMILES string of the molecule is COc1ccc2c(COC(=O)C=Cc3ccccc3)cc(=O)oc2c1. The van der Waals surface area contributed by atoms with Gasteiger partial charge in [0.1, 0.15) is 17.9 Å². The van der Waals surface area contributed by atoms with Crippen LogP contribution in [0.25, 0.3) is 17.0 Å². The summed E-state index contributed by atoms with van der Waals surface area (Å²) < 4.78 is 15.5. The molecule has 0 N–H and O–H groups in total. The van der Waals surface area contributed by atoms with Crippen molar-refractivity contribution in [1.29, 1.82) is 0 Å². The van der Waals surface area contributed by atoms with Crippen molar-refractivity contribution in [2.24, 2.45) is 0 Å². The molecule has 126 valence electrons. The van der Waals surface area contributed by atoms with Gasteiger partial charge in [0.2, 0.25) is 0 Å². The number of esters is 1. The lowest BCUT2D eigenvalue weighted by atomic mass is 10.1. The third-order valence-electron chi connectivity index (χ3n) is 3.62. The van der Waals surface area contributed by atoms with Crippen LogP contribution in [0, 0.1) is 0 Å². The van der Waals surface area contributed by atoms with Crippen LogP contribution in [-0.2, 0) is 16.1 Å². The number of fused-ring (bicyclic) bond motifs is 1. The second-order valence-corrected chi connectivity index (χ2v) is 5.30. The Morgan fingerprint density at radius 2 is 1.92 bits per heavy atom. The summed E-state index contributed by atoms with van der Waals surface area (Å²) in [6.45, 7) is -0.0214. The minimum Gasteiger partial charge on any atom is -0.497 e. The van der Waals surface area contributed by atoms with E-state index in [1.807, 2.05) is 30.3 Å². The molecule has 0 amide bonds. The van der Waals surface area contributed by atoms with Gasteiger partial charge in [0.05, 0.1) is 7.11 Å². The number of ether oxygens (including phenoxy) is 2. The van der Waals surface area contributed by atoms with E-state index in [0.29, 0.717) is 22.3 Å². The molecular formula is C20H16O5. The van der Waals surface area contributed by atoms with E-state index in [0.717, 1.165) is 5.56 Å². The Kier molecular flexibility index (Phi) is 4.95. The molecule has 3 aromatic rings. The van der Waals surface area contributed by atoms with Gasteiger partial charge in [0.15, 0.2) is 0 Å². The molecule has 1 aromatic heterocycles. The van der Waals surface area contributed by atoms with Crippen molar-refractivity contribution < 1.29 is 18.7 Å². The molecule has 1 heterocycles. The molecular weight excluding hydrogens is 320 g/mol. The van der Waals surface area contributed by atoms with E-state index < -0.39 is 11.6 Å². The monoisotopic (exact) mass is 336 g/mol. The average Bonchev–Trinajstić information content (AvgIpc) is 2.64. The Balaban J connectivity index is 1.75. The van der Waals surface area contributed by atoms with Gasteiger partial charge < -0.3 is 13.9 Å². The lowest BCUT2D eigenvalue weighted by Gasteiger charge is -2.07. The molecule has 2 aromatic carbocycles. The van der Waals surface area contributed by atoms with Crippen LogP contribution in [0.4, 0.5) is 0 Å². The fraction of sp³-hybridized carbons (Fsp3) is 0.100. The highest BCUT2D eigenvalue weighted by atomic mass is 16.5. The zero-order valence-corrected chi connectivity index (χ0v) is 13.6. The number of rotatable bonds is 5. The van der Waals surface area contributed by atoms with Crippen LogP contribution in [-0.4, -0.2) is 13.1 Å². The maximum Gasteiger partial charge on any atom is 0.336 e. The third-order valence-corrected chi connectivity index (χ3v) is 3.62. The van der Waals surface area contributed by atoms with Crippen molar-refractivity contribution in [2.45, 2.75) is 6.61 Å². The minimum atomic E-state index is -0.508. The number of hydrogen-bond donors (Lipinski definition) is 0. The van der Waals surface area contributed by atoms with Crippen LogP contribution in [0.3, 0.4) is 0 Å². The summed E-state index contributed by atoms with van der Waals surface area (Å²) in [6, 6.07) is 15.9. The number of carbonyl (C=O) groups excluding carboxylic acids is 1. The second-order valence-electron chi connectivity index (χ2n) is 5.30. The van der Waals surface area contributed by atoms with E-state index in [-0.39, 0.29) is 6.61 Å². The molecule has 0 atom stereocenters. The molecule has 0 aliphatic carbocycles. The van der Waals surface area contributed by atoms with Crippen LogP contribution in [0.5, 0.6) is 5.75 Å². The third kappa shape index (κ3) is 4.14. The van der Waals surface area contributed by atoms with E-state index in [4.69, 9.17) is 13.9 Å². The first-order valence-electron chi connectivity index (χ1n) is 7.66. The van der Waals surface area contributed by atoms with E-state index in [1.54, 1.807) is 24.3 Å². The molecule has 5 heteroatoms. The van der Waals surface area contributed by atoms with Gasteiger partial charge in [0.25, 0.3) is 0 Å². The smallest absolute Gasteiger partial charge is 0.336 e. The summed E-state index contributed by atoms with van der Waals surface area (Å²) in [6.07, 6.45) is 3.02. The Labute approximate surface area is 144 Å². The number of hydrogen-bond acceptors (Lipinski definition) is 5. The zero-order chi connectivity index (χ0) is 17.6. The highest BCUT2D eigenvalue weighted by Crippen LogP contribution is 2.23.